The molecule has 140 valence electrons. The highest BCUT2D eigenvalue weighted by atomic mass is 19.1. The summed E-state index contributed by atoms with van der Waals surface area (Å²) >= 11 is 0. The third-order valence-electron chi connectivity index (χ3n) is 4.93. The average Bonchev–Trinajstić information content (AvgIpc) is 3.05. The molecule has 1 atom stereocenters. The molecule has 0 N–H and O–H groups in total. The van der Waals surface area contributed by atoms with Gasteiger partial charge in [-0.05, 0) is 23.3 Å². The van der Waals surface area contributed by atoms with Gasteiger partial charge in [0, 0.05) is 32.6 Å². The van der Waals surface area contributed by atoms with Gasteiger partial charge in [-0.3, -0.25) is 9.58 Å². The Kier molecular flexibility index (Phi) is 5.27. The van der Waals surface area contributed by atoms with Crippen molar-refractivity contribution in [2.24, 2.45) is 7.05 Å². The summed E-state index contributed by atoms with van der Waals surface area (Å²) in [5.41, 5.74) is 4.41. The first-order valence-electron chi connectivity index (χ1n) is 9.16. The van der Waals surface area contributed by atoms with Crippen LogP contribution in [0.1, 0.15) is 28.4 Å². The van der Waals surface area contributed by atoms with Gasteiger partial charge >= 0.3 is 0 Å². The normalized spacial score (nSPS) is 17.0. The van der Waals surface area contributed by atoms with Gasteiger partial charge in [0.05, 0.1) is 18.9 Å². The van der Waals surface area contributed by atoms with Crippen LogP contribution in [-0.4, -0.2) is 33.0 Å². The largest absolute Gasteiger partial charge is 0.376 e. The van der Waals surface area contributed by atoms with Crippen molar-refractivity contribution in [3.8, 4) is 0 Å². The molecule has 0 amide bonds. The van der Waals surface area contributed by atoms with Crippen molar-refractivity contribution in [3.05, 3.63) is 82.9 Å². The fraction of sp³-hybridized carbons (Fsp3) is 0.333. The Balaban J connectivity index is 1.44. The number of fused-ring (bicyclic) bond motifs is 1. The lowest BCUT2D eigenvalue weighted by Crippen LogP contribution is -2.36. The van der Waals surface area contributed by atoms with E-state index in [1.54, 1.807) is 0 Å². The molecule has 2 heterocycles. The van der Waals surface area contributed by atoms with Gasteiger partial charge in [-0.15, -0.1) is 5.10 Å². The van der Waals surface area contributed by atoms with E-state index in [-0.39, 0.29) is 11.7 Å². The molecular formula is C21H23FN4O. The molecule has 1 aromatic heterocycles. The Morgan fingerprint density at radius 3 is 2.63 bits per heavy atom. The van der Waals surface area contributed by atoms with Gasteiger partial charge in [0.2, 0.25) is 0 Å². The van der Waals surface area contributed by atoms with Gasteiger partial charge in [0.25, 0.3) is 0 Å². The van der Waals surface area contributed by atoms with E-state index in [1.165, 1.54) is 17.7 Å². The second-order valence-corrected chi connectivity index (χ2v) is 7.04. The molecule has 0 bridgehead atoms. The van der Waals surface area contributed by atoms with Crippen molar-refractivity contribution in [2.45, 2.75) is 25.6 Å². The molecule has 0 spiro atoms. The zero-order valence-corrected chi connectivity index (χ0v) is 15.4. The minimum atomic E-state index is -0.208. The van der Waals surface area contributed by atoms with E-state index in [2.05, 4.69) is 27.3 Å². The van der Waals surface area contributed by atoms with E-state index in [4.69, 9.17) is 4.74 Å². The molecule has 3 aromatic rings. The van der Waals surface area contributed by atoms with Crippen molar-refractivity contribution >= 4 is 0 Å². The minimum absolute atomic E-state index is 0.206. The van der Waals surface area contributed by atoms with E-state index in [1.807, 2.05) is 42.1 Å². The number of benzene rings is 2. The van der Waals surface area contributed by atoms with Crippen LogP contribution < -0.4 is 0 Å². The molecule has 6 heteroatoms. The molecular weight excluding hydrogens is 343 g/mol. The summed E-state index contributed by atoms with van der Waals surface area (Å²) < 4.78 is 21.0. The third kappa shape index (κ3) is 4.23. The number of halogens is 1. The number of ether oxygens (including phenoxy) is 1. The standard InChI is InChI=1S/C21H23FN4O/c1-25-21-18(15-27-14-17-5-3-2-4-6-17)12-26(13-20(21)23-24-25)11-16-7-9-19(22)10-8-16/h2-10,18H,11-15H2,1H3/t18-/m1/s1. The van der Waals surface area contributed by atoms with Crippen LogP contribution in [0.2, 0.25) is 0 Å². The predicted molar refractivity (Wildman–Crippen MR) is 100 cm³/mol. The Morgan fingerprint density at radius 2 is 1.85 bits per heavy atom. The Morgan fingerprint density at radius 1 is 1.07 bits per heavy atom. The number of hydrogen-bond donors (Lipinski definition) is 0. The fourth-order valence-electron chi connectivity index (χ4n) is 3.69. The van der Waals surface area contributed by atoms with Crippen molar-refractivity contribution < 1.29 is 9.13 Å². The van der Waals surface area contributed by atoms with Crippen LogP contribution in [0.4, 0.5) is 4.39 Å². The summed E-state index contributed by atoms with van der Waals surface area (Å²) in [7, 11) is 1.94. The summed E-state index contributed by atoms with van der Waals surface area (Å²) in [5.74, 6) is -0.00120. The van der Waals surface area contributed by atoms with Gasteiger partial charge in [0.1, 0.15) is 11.5 Å². The Bertz CT molecular complexity index is 879. The van der Waals surface area contributed by atoms with Gasteiger partial charge in [-0.25, -0.2) is 4.39 Å². The molecule has 1 aliphatic heterocycles. The van der Waals surface area contributed by atoms with E-state index in [0.717, 1.165) is 36.6 Å². The molecule has 0 fully saturated rings. The molecule has 0 saturated carbocycles. The number of aryl methyl sites for hydroxylation is 1. The van der Waals surface area contributed by atoms with E-state index in [0.29, 0.717) is 13.2 Å². The summed E-state index contributed by atoms with van der Waals surface area (Å²) in [5, 5.41) is 8.54. The smallest absolute Gasteiger partial charge is 0.123 e. The molecule has 1 aliphatic rings. The maximum Gasteiger partial charge on any atom is 0.123 e. The third-order valence-corrected chi connectivity index (χ3v) is 4.93. The number of nitrogens with zero attached hydrogens (tertiary/aromatic N) is 4. The van der Waals surface area contributed by atoms with Crippen molar-refractivity contribution in [1.82, 2.24) is 19.9 Å². The van der Waals surface area contributed by atoms with E-state index >= 15 is 0 Å². The average molecular weight is 366 g/mol. The zero-order valence-electron chi connectivity index (χ0n) is 15.4. The Hall–Kier alpha value is -2.57. The first-order valence-corrected chi connectivity index (χ1v) is 9.16. The maximum absolute atomic E-state index is 13.2. The summed E-state index contributed by atoms with van der Waals surface area (Å²) in [6.45, 7) is 3.57. The lowest BCUT2D eigenvalue weighted by molar-refractivity contribution is 0.0830. The highest BCUT2D eigenvalue weighted by Gasteiger charge is 2.30. The second kappa shape index (κ2) is 7.98. The van der Waals surface area contributed by atoms with Crippen molar-refractivity contribution in [3.63, 3.8) is 0 Å². The molecule has 0 aliphatic carbocycles. The number of rotatable bonds is 6. The molecule has 0 radical (unpaired) electrons. The quantitative estimate of drug-likeness (QED) is 0.672. The maximum atomic E-state index is 13.2. The van der Waals surface area contributed by atoms with Crippen LogP contribution >= 0.6 is 0 Å². The van der Waals surface area contributed by atoms with Crippen LogP contribution in [0.25, 0.3) is 0 Å². The van der Waals surface area contributed by atoms with Crippen LogP contribution in [0.5, 0.6) is 0 Å². The molecule has 2 aromatic carbocycles. The Labute approximate surface area is 158 Å². The van der Waals surface area contributed by atoms with Crippen molar-refractivity contribution in [2.75, 3.05) is 13.2 Å². The SMILES string of the molecule is Cn1nnc2c1[C@@H](COCc1ccccc1)CN(Cc1ccc(F)cc1)C2. The lowest BCUT2D eigenvalue weighted by atomic mass is 9.98. The summed E-state index contributed by atoms with van der Waals surface area (Å²) in [4.78, 5) is 2.32. The predicted octanol–water partition coefficient (Wildman–Crippen LogP) is 3.27. The van der Waals surface area contributed by atoms with Crippen LogP contribution in [0.15, 0.2) is 54.6 Å². The summed E-state index contributed by atoms with van der Waals surface area (Å²) in [6.07, 6.45) is 0. The van der Waals surface area contributed by atoms with Crippen LogP contribution in [-0.2, 0) is 31.5 Å². The van der Waals surface area contributed by atoms with Crippen LogP contribution in [0, 0.1) is 5.82 Å². The topological polar surface area (TPSA) is 43.2 Å². The van der Waals surface area contributed by atoms with Gasteiger partial charge in [0.15, 0.2) is 0 Å². The first kappa shape index (κ1) is 17.8. The second-order valence-electron chi connectivity index (χ2n) is 7.04. The summed E-state index contributed by atoms with van der Waals surface area (Å²) in [6, 6.07) is 16.9. The highest BCUT2D eigenvalue weighted by Crippen LogP contribution is 2.28. The number of hydrogen-bond acceptors (Lipinski definition) is 4. The van der Waals surface area contributed by atoms with E-state index in [9.17, 15) is 4.39 Å². The molecule has 0 unspecified atom stereocenters. The molecule has 5 nitrogen and oxygen atoms in total. The zero-order chi connectivity index (χ0) is 18.6. The van der Waals surface area contributed by atoms with Gasteiger partial charge in [-0.2, -0.15) is 0 Å². The molecule has 4 rings (SSSR count). The van der Waals surface area contributed by atoms with Crippen molar-refractivity contribution in [1.29, 1.82) is 0 Å². The fourth-order valence-corrected chi connectivity index (χ4v) is 3.69. The van der Waals surface area contributed by atoms with E-state index < -0.39 is 0 Å². The molecule has 27 heavy (non-hydrogen) atoms. The lowest BCUT2D eigenvalue weighted by Gasteiger charge is -2.32. The van der Waals surface area contributed by atoms with Gasteiger partial charge < -0.3 is 4.74 Å². The van der Waals surface area contributed by atoms with Crippen LogP contribution in [0.3, 0.4) is 0 Å². The first-order chi connectivity index (χ1) is 13.2. The minimum Gasteiger partial charge on any atom is -0.376 e. The molecule has 0 saturated heterocycles. The number of aromatic nitrogens is 3. The van der Waals surface area contributed by atoms with Gasteiger partial charge in [-0.1, -0.05) is 47.7 Å². The monoisotopic (exact) mass is 366 g/mol. The highest BCUT2D eigenvalue weighted by molar-refractivity contribution is 5.22.